The zero-order chi connectivity index (χ0) is 25.4. The lowest BCUT2D eigenvalue weighted by molar-refractivity contribution is -0.254. The van der Waals surface area contributed by atoms with Crippen LogP contribution in [0.4, 0.5) is 11.4 Å². The second-order valence-electron chi connectivity index (χ2n) is 8.02. The number of benzene rings is 4. The number of amides is 3. The number of fused-ring (bicyclic) bond motifs is 1. The van der Waals surface area contributed by atoms with E-state index < -0.39 is 23.7 Å². The molecule has 0 saturated heterocycles. The van der Waals surface area contributed by atoms with Crippen molar-refractivity contribution in [2.75, 3.05) is 10.2 Å². The highest BCUT2D eigenvalue weighted by molar-refractivity contribution is 6.35. The minimum absolute atomic E-state index is 0.0474. The summed E-state index contributed by atoms with van der Waals surface area (Å²) in [6, 6.07) is 24.5. The average Bonchev–Trinajstić information content (AvgIpc) is 3.13. The molecule has 176 valence electrons. The highest BCUT2D eigenvalue weighted by atomic mass is 35.5. The number of nitrogens with zero attached hydrogens (tertiary/aromatic N) is 1. The van der Waals surface area contributed by atoms with Crippen LogP contribution in [0.15, 0.2) is 91.0 Å². The van der Waals surface area contributed by atoms with E-state index in [0.29, 0.717) is 11.3 Å². The molecule has 1 aliphatic rings. The molecule has 4 aromatic carbocycles. The van der Waals surface area contributed by atoms with Crippen molar-refractivity contribution in [1.82, 2.24) is 0 Å². The van der Waals surface area contributed by atoms with Crippen molar-refractivity contribution in [3.05, 3.63) is 118 Å². The van der Waals surface area contributed by atoms with Gasteiger partial charge in [0.05, 0.1) is 28.5 Å². The van der Waals surface area contributed by atoms with Crippen molar-refractivity contribution in [3.8, 4) is 11.1 Å². The van der Waals surface area contributed by atoms with Gasteiger partial charge in [-0.05, 0) is 48.0 Å². The van der Waals surface area contributed by atoms with Gasteiger partial charge in [0.2, 0.25) is 0 Å². The molecule has 0 radical (unpaired) electrons. The second-order valence-corrected chi connectivity index (χ2v) is 8.46. The number of aromatic carboxylic acids is 1. The van der Waals surface area contributed by atoms with Gasteiger partial charge in [0.1, 0.15) is 0 Å². The van der Waals surface area contributed by atoms with E-state index in [1.165, 1.54) is 36.4 Å². The Kier molecular flexibility index (Phi) is 5.83. The second kappa shape index (κ2) is 9.13. The van der Waals surface area contributed by atoms with E-state index in [9.17, 15) is 24.3 Å². The summed E-state index contributed by atoms with van der Waals surface area (Å²) in [6.45, 7) is 0. The van der Waals surface area contributed by atoms with Gasteiger partial charge in [-0.25, -0.2) is 4.90 Å². The molecule has 0 atom stereocenters. The lowest BCUT2D eigenvalue weighted by Gasteiger charge is -2.18. The third kappa shape index (κ3) is 4.01. The maximum Gasteiger partial charge on any atom is 0.266 e. The Labute approximate surface area is 210 Å². The van der Waals surface area contributed by atoms with Crippen LogP contribution in [0.3, 0.4) is 0 Å². The SMILES string of the molecule is O=C(Nc1cc(Cl)ccc1C(=O)[O-])c1ccc2c(c1)C(=O)N(c1ccccc1-c1ccccc1)C2=O. The quantitative estimate of drug-likeness (QED) is 0.412. The Morgan fingerprint density at radius 1 is 0.750 bits per heavy atom. The van der Waals surface area contributed by atoms with Gasteiger partial charge < -0.3 is 15.2 Å². The van der Waals surface area contributed by atoms with Crippen LogP contribution in [0, 0.1) is 0 Å². The Hall–Kier alpha value is -4.75. The van der Waals surface area contributed by atoms with Crippen LogP contribution >= 0.6 is 11.6 Å². The number of carbonyl (C=O) groups is 4. The van der Waals surface area contributed by atoms with Crippen molar-refractivity contribution in [2.24, 2.45) is 0 Å². The number of carboxylic acid groups (broad SMARTS) is 1. The normalized spacial score (nSPS) is 12.4. The molecular weight excluding hydrogens is 480 g/mol. The summed E-state index contributed by atoms with van der Waals surface area (Å²) in [7, 11) is 0. The summed E-state index contributed by atoms with van der Waals surface area (Å²) < 4.78 is 0. The number of rotatable bonds is 5. The maximum atomic E-state index is 13.4. The Bertz CT molecular complexity index is 1570. The molecule has 1 aliphatic heterocycles. The smallest absolute Gasteiger partial charge is 0.266 e. The standard InChI is InChI=1S/C28H17ClN2O5/c29-18-11-13-21(28(35)36)23(15-18)30-25(32)17-10-12-20-22(14-17)27(34)31(26(20)33)24-9-5-4-8-19(24)16-6-2-1-3-7-16/h1-15H,(H,30,32)(H,35,36)/p-1. The molecule has 5 rings (SSSR count). The average molecular weight is 496 g/mol. The third-order valence-electron chi connectivity index (χ3n) is 5.83. The number of carboxylic acids is 1. The zero-order valence-corrected chi connectivity index (χ0v) is 19.3. The van der Waals surface area contributed by atoms with Crippen LogP contribution in [0.1, 0.15) is 41.4 Å². The molecule has 0 spiro atoms. The Morgan fingerprint density at radius 3 is 2.19 bits per heavy atom. The van der Waals surface area contributed by atoms with Crippen LogP contribution in [-0.4, -0.2) is 23.7 Å². The number of para-hydroxylation sites is 1. The molecule has 0 aliphatic carbocycles. The van der Waals surface area contributed by atoms with E-state index in [-0.39, 0.29) is 33.0 Å². The first kappa shape index (κ1) is 23.0. The first-order valence-electron chi connectivity index (χ1n) is 10.8. The summed E-state index contributed by atoms with van der Waals surface area (Å²) in [5.41, 5.74) is 1.99. The molecule has 7 nitrogen and oxygen atoms in total. The van der Waals surface area contributed by atoms with Crippen LogP contribution in [0.2, 0.25) is 5.02 Å². The van der Waals surface area contributed by atoms with E-state index >= 15 is 0 Å². The first-order valence-corrected chi connectivity index (χ1v) is 11.2. The van der Waals surface area contributed by atoms with Crippen molar-refractivity contribution in [3.63, 3.8) is 0 Å². The minimum atomic E-state index is -1.48. The van der Waals surface area contributed by atoms with E-state index in [0.717, 1.165) is 10.5 Å². The lowest BCUT2D eigenvalue weighted by atomic mass is 10.0. The van der Waals surface area contributed by atoms with Crippen molar-refractivity contribution >= 4 is 46.7 Å². The van der Waals surface area contributed by atoms with Crippen molar-refractivity contribution in [1.29, 1.82) is 0 Å². The summed E-state index contributed by atoms with van der Waals surface area (Å²) in [5, 5.41) is 14.1. The van der Waals surface area contributed by atoms with Gasteiger partial charge in [0.25, 0.3) is 17.7 Å². The molecular formula is C28H16ClN2O5-. The molecule has 1 heterocycles. The molecule has 36 heavy (non-hydrogen) atoms. The summed E-state index contributed by atoms with van der Waals surface area (Å²) in [6.07, 6.45) is 0. The molecule has 1 N–H and O–H groups in total. The van der Waals surface area contributed by atoms with Gasteiger partial charge in [-0.2, -0.15) is 0 Å². The van der Waals surface area contributed by atoms with Crippen molar-refractivity contribution in [2.45, 2.75) is 0 Å². The fourth-order valence-corrected chi connectivity index (χ4v) is 4.30. The number of carbonyl (C=O) groups excluding carboxylic acids is 4. The lowest BCUT2D eigenvalue weighted by Crippen LogP contribution is -2.29. The number of hydrogen-bond acceptors (Lipinski definition) is 5. The predicted molar refractivity (Wildman–Crippen MR) is 133 cm³/mol. The number of hydrogen-bond donors (Lipinski definition) is 1. The molecule has 0 bridgehead atoms. The van der Waals surface area contributed by atoms with E-state index in [4.69, 9.17) is 11.6 Å². The fourth-order valence-electron chi connectivity index (χ4n) is 4.12. The Balaban J connectivity index is 1.49. The molecule has 4 aromatic rings. The summed E-state index contributed by atoms with van der Waals surface area (Å²) in [4.78, 5) is 52.0. The van der Waals surface area contributed by atoms with Crippen molar-refractivity contribution < 1.29 is 24.3 Å². The molecule has 8 heteroatoms. The molecule has 0 saturated carbocycles. The number of imide groups is 1. The highest BCUT2D eigenvalue weighted by Crippen LogP contribution is 2.36. The number of halogens is 1. The van der Waals surface area contributed by atoms with Gasteiger partial charge in [-0.15, -0.1) is 0 Å². The third-order valence-corrected chi connectivity index (χ3v) is 6.06. The molecule has 3 amide bonds. The van der Waals surface area contributed by atoms with Gasteiger partial charge in [-0.1, -0.05) is 60.1 Å². The van der Waals surface area contributed by atoms with E-state index in [2.05, 4.69) is 5.32 Å². The van der Waals surface area contributed by atoms with Crippen LogP contribution < -0.4 is 15.3 Å². The van der Waals surface area contributed by atoms with E-state index in [1.54, 1.807) is 12.1 Å². The highest BCUT2D eigenvalue weighted by Gasteiger charge is 2.38. The molecule has 0 fully saturated rings. The van der Waals surface area contributed by atoms with Gasteiger partial charge in [-0.3, -0.25) is 14.4 Å². The predicted octanol–water partition coefficient (Wildman–Crippen LogP) is 4.42. The fraction of sp³-hybridized carbons (Fsp3) is 0. The van der Waals surface area contributed by atoms with Gasteiger partial charge >= 0.3 is 0 Å². The molecule has 0 aromatic heterocycles. The molecule has 0 unspecified atom stereocenters. The summed E-state index contributed by atoms with van der Waals surface area (Å²) in [5.74, 6) is -3.22. The first-order chi connectivity index (χ1) is 17.3. The Morgan fingerprint density at radius 2 is 1.44 bits per heavy atom. The van der Waals surface area contributed by atoms with Crippen LogP contribution in [0.25, 0.3) is 11.1 Å². The number of anilines is 2. The minimum Gasteiger partial charge on any atom is -0.545 e. The summed E-state index contributed by atoms with van der Waals surface area (Å²) >= 11 is 5.94. The van der Waals surface area contributed by atoms with E-state index in [1.807, 2.05) is 42.5 Å². The monoisotopic (exact) mass is 495 g/mol. The van der Waals surface area contributed by atoms with Gasteiger partial charge in [0, 0.05) is 21.7 Å². The van der Waals surface area contributed by atoms with Crippen LogP contribution in [-0.2, 0) is 0 Å². The maximum absolute atomic E-state index is 13.4. The number of nitrogens with one attached hydrogen (secondary N) is 1. The zero-order valence-electron chi connectivity index (χ0n) is 18.5. The van der Waals surface area contributed by atoms with Gasteiger partial charge in [0.15, 0.2) is 0 Å². The topological polar surface area (TPSA) is 107 Å². The van der Waals surface area contributed by atoms with Crippen LogP contribution in [0.5, 0.6) is 0 Å². The largest absolute Gasteiger partial charge is 0.545 e.